The second kappa shape index (κ2) is 6.36. The molecule has 1 amide bonds. The van der Waals surface area contributed by atoms with Gasteiger partial charge in [0.05, 0.1) is 25.8 Å². The van der Waals surface area contributed by atoms with Gasteiger partial charge in [-0.05, 0) is 12.8 Å². The molecule has 5 nitrogen and oxygen atoms in total. The lowest BCUT2D eigenvalue weighted by Gasteiger charge is -2.42. The molecule has 0 N–H and O–H groups in total. The number of hydroxylamine groups is 3. The molecule has 1 aromatic heterocycles. The van der Waals surface area contributed by atoms with E-state index in [0.29, 0.717) is 19.5 Å². The standard InChI is InChI=1S/C12H19N3O2S/c16-12(15(17)7-9-18-10-8-15)3-1-2-5-14-6-4-13-11-14/h4,6,11H,1-3,5,7-10H2. The summed E-state index contributed by atoms with van der Waals surface area (Å²) in [6.07, 6.45) is 7.52. The van der Waals surface area contributed by atoms with Crippen LogP contribution < -0.4 is 0 Å². The molecule has 1 aliphatic rings. The summed E-state index contributed by atoms with van der Waals surface area (Å²) in [5.74, 6) is 1.48. The Balaban J connectivity index is 1.68. The largest absolute Gasteiger partial charge is 0.625 e. The number of carbonyl (C=O) groups is 1. The molecule has 1 aromatic rings. The lowest BCUT2D eigenvalue weighted by molar-refractivity contribution is -0.800. The number of aromatic nitrogens is 2. The molecular formula is C12H19N3O2S. The normalized spacial score (nSPS) is 18.7. The zero-order chi connectivity index (χ0) is 12.8. The molecule has 18 heavy (non-hydrogen) atoms. The fraction of sp³-hybridized carbons (Fsp3) is 0.667. The van der Waals surface area contributed by atoms with Gasteiger partial charge >= 0.3 is 5.91 Å². The van der Waals surface area contributed by atoms with E-state index < -0.39 is 4.65 Å². The van der Waals surface area contributed by atoms with E-state index in [0.717, 1.165) is 30.9 Å². The molecule has 6 heteroatoms. The molecule has 2 heterocycles. The second-order valence-electron chi connectivity index (χ2n) is 4.60. The van der Waals surface area contributed by atoms with Gasteiger partial charge in [-0.15, -0.1) is 0 Å². The van der Waals surface area contributed by atoms with Crippen LogP contribution in [0.2, 0.25) is 0 Å². The van der Waals surface area contributed by atoms with Crippen molar-refractivity contribution in [1.82, 2.24) is 9.55 Å². The molecular weight excluding hydrogens is 250 g/mol. The predicted octanol–water partition coefficient (Wildman–Crippen LogP) is 1.64. The molecule has 1 fully saturated rings. The van der Waals surface area contributed by atoms with Crippen molar-refractivity contribution in [3.8, 4) is 0 Å². The van der Waals surface area contributed by atoms with Crippen LogP contribution in [0.3, 0.4) is 0 Å². The number of unbranched alkanes of at least 4 members (excludes halogenated alkanes) is 1. The first-order chi connectivity index (χ1) is 8.71. The van der Waals surface area contributed by atoms with Crippen LogP contribution in [-0.4, -0.2) is 44.7 Å². The van der Waals surface area contributed by atoms with Gasteiger partial charge in [-0.3, -0.25) is 4.65 Å². The number of imidazole rings is 1. The summed E-state index contributed by atoms with van der Waals surface area (Å²) in [6.45, 7) is 1.76. The molecule has 0 saturated carbocycles. The summed E-state index contributed by atoms with van der Waals surface area (Å²) in [5, 5.41) is 12.2. The highest BCUT2D eigenvalue weighted by molar-refractivity contribution is 7.99. The Morgan fingerprint density at radius 2 is 2.17 bits per heavy atom. The highest BCUT2D eigenvalue weighted by atomic mass is 32.2. The van der Waals surface area contributed by atoms with Crippen molar-refractivity contribution in [1.29, 1.82) is 0 Å². The summed E-state index contributed by atoms with van der Waals surface area (Å²) in [4.78, 5) is 15.9. The average molecular weight is 269 g/mol. The van der Waals surface area contributed by atoms with Crippen molar-refractivity contribution in [2.24, 2.45) is 0 Å². The van der Waals surface area contributed by atoms with Gasteiger partial charge in [-0.2, -0.15) is 11.8 Å². The van der Waals surface area contributed by atoms with Gasteiger partial charge in [0.25, 0.3) is 0 Å². The Labute approximate surface area is 111 Å². The second-order valence-corrected chi connectivity index (χ2v) is 5.83. The highest BCUT2D eigenvalue weighted by Gasteiger charge is 2.28. The first-order valence-corrected chi connectivity index (χ1v) is 7.51. The maximum atomic E-state index is 12.2. The Morgan fingerprint density at radius 1 is 1.39 bits per heavy atom. The van der Waals surface area contributed by atoms with E-state index in [9.17, 15) is 10.0 Å². The van der Waals surface area contributed by atoms with Gasteiger partial charge < -0.3 is 9.77 Å². The maximum absolute atomic E-state index is 12.2. The third-order valence-electron chi connectivity index (χ3n) is 3.26. The van der Waals surface area contributed by atoms with Crippen LogP contribution in [0, 0.1) is 5.21 Å². The van der Waals surface area contributed by atoms with E-state index in [-0.39, 0.29) is 5.91 Å². The van der Waals surface area contributed by atoms with E-state index in [1.54, 1.807) is 24.3 Å². The predicted molar refractivity (Wildman–Crippen MR) is 71.8 cm³/mol. The zero-order valence-corrected chi connectivity index (χ0v) is 11.3. The lowest BCUT2D eigenvalue weighted by atomic mass is 10.2. The molecule has 0 aromatic carbocycles. The van der Waals surface area contributed by atoms with E-state index >= 15 is 0 Å². The van der Waals surface area contributed by atoms with Gasteiger partial charge in [0.2, 0.25) is 0 Å². The van der Waals surface area contributed by atoms with Gasteiger partial charge in [-0.1, -0.05) is 0 Å². The summed E-state index contributed by atoms with van der Waals surface area (Å²) in [6, 6.07) is 0. The molecule has 0 aliphatic carbocycles. The minimum atomic E-state index is -0.599. The summed E-state index contributed by atoms with van der Waals surface area (Å²) < 4.78 is 1.39. The van der Waals surface area contributed by atoms with Gasteiger partial charge in [-0.25, -0.2) is 9.78 Å². The number of amides is 1. The minimum Gasteiger partial charge on any atom is -0.625 e. The first-order valence-electron chi connectivity index (χ1n) is 6.36. The quantitative estimate of drug-likeness (QED) is 0.463. The van der Waals surface area contributed by atoms with Crippen molar-refractivity contribution in [2.45, 2.75) is 25.8 Å². The van der Waals surface area contributed by atoms with Crippen LogP contribution in [-0.2, 0) is 11.3 Å². The smallest absolute Gasteiger partial charge is 0.313 e. The average Bonchev–Trinajstić information content (AvgIpc) is 2.88. The number of rotatable bonds is 5. The van der Waals surface area contributed by atoms with E-state index in [2.05, 4.69) is 4.98 Å². The molecule has 0 radical (unpaired) electrons. The van der Waals surface area contributed by atoms with Gasteiger partial charge in [0.1, 0.15) is 0 Å². The number of nitrogens with zero attached hydrogens (tertiary/aromatic N) is 3. The molecule has 1 saturated heterocycles. The van der Waals surface area contributed by atoms with Crippen LogP contribution in [0.1, 0.15) is 19.3 Å². The molecule has 0 atom stereocenters. The fourth-order valence-corrected chi connectivity index (χ4v) is 3.13. The Kier molecular flexibility index (Phi) is 4.79. The van der Waals surface area contributed by atoms with Crippen molar-refractivity contribution in [3.05, 3.63) is 23.9 Å². The SMILES string of the molecule is O=C(CCCCn1ccnc1)[N+]1([O-])CCSCC1. The van der Waals surface area contributed by atoms with Crippen LogP contribution in [0.4, 0.5) is 0 Å². The third kappa shape index (κ3) is 3.57. The minimum absolute atomic E-state index is 0.138. The first kappa shape index (κ1) is 13.6. The van der Waals surface area contributed by atoms with Gasteiger partial charge in [0, 0.05) is 30.4 Å². The van der Waals surface area contributed by atoms with Crippen molar-refractivity contribution >= 4 is 17.7 Å². The van der Waals surface area contributed by atoms with Crippen molar-refractivity contribution < 1.29 is 9.44 Å². The van der Waals surface area contributed by atoms with Crippen LogP contribution in [0.5, 0.6) is 0 Å². The third-order valence-corrected chi connectivity index (χ3v) is 4.21. The highest BCUT2D eigenvalue weighted by Crippen LogP contribution is 2.19. The zero-order valence-electron chi connectivity index (χ0n) is 10.5. The number of aryl methyl sites for hydroxylation is 1. The molecule has 100 valence electrons. The Bertz CT molecular complexity index is 375. The number of hydrogen-bond donors (Lipinski definition) is 0. The number of quaternary nitrogens is 1. The van der Waals surface area contributed by atoms with Crippen molar-refractivity contribution in [3.63, 3.8) is 0 Å². The molecule has 2 rings (SSSR count). The van der Waals surface area contributed by atoms with Crippen LogP contribution in [0.15, 0.2) is 18.7 Å². The van der Waals surface area contributed by atoms with E-state index in [1.807, 2.05) is 10.8 Å². The van der Waals surface area contributed by atoms with Crippen LogP contribution >= 0.6 is 11.8 Å². The maximum Gasteiger partial charge on any atom is 0.313 e. The number of carbonyl (C=O) groups excluding carboxylic acids is 1. The molecule has 0 bridgehead atoms. The molecule has 0 unspecified atom stereocenters. The molecule has 1 aliphatic heterocycles. The van der Waals surface area contributed by atoms with Gasteiger partial charge in [0.15, 0.2) is 0 Å². The lowest BCUT2D eigenvalue weighted by Crippen LogP contribution is -2.52. The van der Waals surface area contributed by atoms with E-state index in [1.165, 1.54) is 0 Å². The molecule has 0 spiro atoms. The number of hydrogen-bond acceptors (Lipinski definition) is 4. The topological polar surface area (TPSA) is 58.0 Å². The van der Waals surface area contributed by atoms with Crippen LogP contribution in [0.25, 0.3) is 0 Å². The summed E-state index contributed by atoms with van der Waals surface area (Å²) in [7, 11) is 0. The summed E-state index contributed by atoms with van der Waals surface area (Å²) >= 11 is 1.76. The Hall–Kier alpha value is -0.850. The van der Waals surface area contributed by atoms with E-state index in [4.69, 9.17) is 0 Å². The monoisotopic (exact) mass is 269 g/mol. The fourth-order valence-electron chi connectivity index (χ4n) is 2.08. The summed E-state index contributed by atoms with van der Waals surface area (Å²) in [5.41, 5.74) is 0. The van der Waals surface area contributed by atoms with Crippen molar-refractivity contribution in [2.75, 3.05) is 24.6 Å². The number of thioether (sulfide) groups is 1. The Morgan fingerprint density at radius 3 is 2.83 bits per heavy atom.